The van der Waals surface area contributed by atoms with Crippen molar-refractivity contribution in [1.29, 1.82) is 0 Å². The molecule has 0 saturated heterocycles. The first-order valence-electron chi connectivity index (χ1n) is 11.5. The second-order valence-corrected chi connectivity index (χ2v) is 8.77. The van der Waals surface area contributed by atoms with Gasteiger partial charge >= 0.3 is 0 Å². The maximum atomic E-state index is 10.4. The van der Waals surface area contributed by atoms with Crippen LogP contribution in [-0.2, 0) is 5.75 Å². The first-order valence-corrected chi connectivity index (χ1v) is 12.1. The van der Waals surface area contributed by atoms with Gasteiger partial charge in [0.2, 0.25) is 0 Å². The van der Waals surface area contributed by atoms with E-state index in [4.69, 9.17) is 14.9 Å². The van der Waals surface area contributed by atoms with Gasteiger partial charge in [0.1, 0.15) is 36.4 Å². The van der Waals surface area contributed by atoms with Gasteiger partial charge in [-0.15, -0.1) is 0 Å². The minimum Gasteiger partial charge on any atom is -0.510 e. The van der Waals surface area contributed by atoms with Crippen molar-refractivity contribution < 1.29 is 55.8 Å². The normalized spacial score (nSPS) is 18.4. The summed E-state index contributed by atoms with van der Waals surface area (Å²) in [5.74, 6) is 0.389. The number of rotatable bonds is 18. The van der Waals surface area contributed by atoms with Crippen molar-refractivity contribution in [2.45, 2.75) is 54.9 Å². The van der Waals surface area contributed by atoms with E-state index in [1.807, 2.05) is 12.1 Å². The van der Waals surface area contributed by atoms with Crippen molar-refractivity contribution in [2.75, 3.05) is 39.5 Å². The van der Waals surface area contributed by atoms with Gasteiger partial charge in [0, 0.05) is 31.8 Å². The average molecular weight is 538 g/mol. The van der Waals surface area contributed by atoms with Gasteiger partial charge in [0.25, 0.3) is 0 Å². The summed E-state index contributed by atoms with van der Waals surface area (Å²) in [4.78, 5) is 1.44. The summed E-state index contributed by atoms with van der Waals surface area (Å²) in [7, 11) is 0. The molecule has 0 amide bonds. The Labute approximate surface area is 215 Å². The number of nitrogens with zero attached hydrogens (tertiary/aromatic N) is 1. The fraction of sp³-hybridized carbons (Fsp3) is 0.652. The van der Waals surface area contributed by atoms with Crippen LogP contribution in [-0.4, -0.2) is 138 Å². The van der Waals surface area contributed by atoms with E-state index in [0.29, 0.717) is 11.5 Å². The SMILES string of the molecule is OC[C@@H](O)C[C@@H](O)[C@H](O)[C@@H](O)CN(CCOc1ccc(CS)cc1)C[C@H](O)[C@@H](O)C=C(O)[C@H](O)CO. The second kappa shape index (κ2) is 17.1. The predicted octanol–water partition coefficient (Wildman–Crippen LogP) is -2.86. The average Bonchev–Trinajstić information content (AvgIpc) is 2.87. The molecular formula is C23H39NO11S. The van der Waals surface area contributed by atoms with Crippen molar-refractivity contribution in [3.8, 4) is 5.75 Å². The second-order valence-electron chi connectivity index (χ2n) is 8.46. The maximum absolute atomic E-state index is 10.4. The van der Waals surface area contributed by atoms with Crippen LogP contribution < -0.4 is 4.74 Å². The van der Waals surface area contributed by atoms with Crippen LogP contribution in [0.15, 0.2) is 36.1 Å². The molecule has 0 aliphatic carbocycles. The van der Waals surface area contributed by atoms with Gasteiger partial charge in [-0.05, 0) is 23.8 Å². The highest BCUT2D eigenvalue weighted by Gasteiger charge is 2.29. The lowest BCUT2D eigenvalue weighted by Gasteiger charge is -2.31. The van der Waals surface area contributed by atoms with Gasteiger partial charge in [-0.3, -0.25) is 4.90 Å². The van der Waals surface area contributed by atoms with Crippen LogP contribution in [0.1, 0.15) is 12.0 Å². The molecule has 0 bridgehead atoms. The summed E-state index contributed by atoms with van der Waals surface area (Å²) in [6, 6.07) is 7.16. The molecule has 12 nitrogen and oxygen atoms in total. The molecule has 1 rings (SSSR count). The smallest absolute Gasteiger partial charge is 0.133 e. The largest absolute Gasteiger partial charge is 0.510 e. The Hall–Kier alpha value is -1.49. The zero-order chi connectivity index (χ0) is 27.3. The molecule has 0 unspecified atom stereocenters. The number of aliphatic hydroxyl groups excluding tert-OH is 10. The van der Waals surface area contributed by atoms with E-state index in [1.54, 1.807) is 12.1 Å². The Balaban J connectivity index is 2.85. The molecule has 0 spiro atoms. The molecular weight excluding hydrogens is 498 g/mol. The van der Waals surface area contributed by atoms with Crippen molar-refractivity contribution in [2.24, 2.45) is 0 Å². The molecule has 36 heavy (non-hydrogen) atoms. The lowest BCUT2D eigenvalue weighted by atomic mass is 10.0. The van der Waals surface area contributed by atoms with E-state index in [0.717, 1.165) is 11.6 Å². The van der Waals surface area contributed by atoms with Crippen LogP contribution in [0.3, 0.4) is 0 Å². The lowest BCUT2D eigenvalue weighted by molar-refractivity contribution is -0.0888. The Kier molecular flexibility index (Phi) is 15.5. The molecule has 208 valence electrons. The minimum absolute atomic E-state index is 0.0853. The zero-order valence-electron chi connectivity index (χ0n) is 19.9. The fourth-order valence-corrected chi connectivity index (χ4v) is 3.44. The predicted molar refractivity (Wildman–Crippen MR) is 133 cm³/mol. The number of ether oxygens (including phenoxy) is 1. The van der Waals surface area contributed by atoms with E-state index >= 15 is 0 Å². The van der Waals surface area contributed by atoms with Gasteiger partial charge in [-0.1, -0.05) is 12.1 Å². The summed E-state index contributed by atoms with van der Waals surface area (Å²) in [5, 5.41) is 97.4. The molecule has 1 aromatic rings. The van der Waals surface area contributed by atoms with Gasteiger partial charge in [0.15, 0.2) is 0 Å². The van der Waals surface area contributed by atoms with E-state index in [9.17, 15) is 40.9 Å². The van der Waals surface area contributed by atoms with Crippen LogP contribution in [0, 0.1) is 0 Å². The van der Waals surface area contributed by atoms with Crippen LogP contribution in [0.5, 0.6) is 5.75 Å². The van der Waals surface area contributed by atoms with Crippen LogP contribution >= 0.6 is 12.6 Å². The quantitative estimate of drug-likeness (QED) is 0.0674. The Morgan fingerprint density at radius 1 is 0.889 bits per heavy atom. The number of hydrogen-bond donors (Lipinski definition) is 11. The van der Waals surface area contributed by atoms with E-state index in [2.05, 4.69) is 12.6 Å². The van der Waals surface area contributed by atoms with Crippen molar-refractivity contribution in [3.05, 3.63) is 41.7 Å². The summed E-state index contributed by atoms with van der Waals surface area (Å²) < 4.78 is 5.67. The van der Waals surface area contributed by atoms with E-state index < -0.39 is 61.7 Å². The monoisotopic (exact) mass is 537 g/mol. The third-order valence-corrected chi connectivity index (χ3v) is 5.80. The summed E-state index contributed by atoms with van der Waals surface area (Å²) in [5.41, 5.74) is 0.994. The molecule has 0 saturated carbocycles. The molecule has 0 radical (unpaired) electrons. The molecule has 0 aliphatic heterocycles. The molecule has 0 heterocycles. The van der Waals surface area contributed by atoms with Crippen LogP contribution in [0.4, 0.5) is 0 Å². The molecule has 10 N–H and O–H groups in total. The van der Waals surface area contributed by atoms with Crippen LogP contribution in [0.25, 0.3) is 0 Å². The topological polar surface area (TPSA) is 215 Å². The van der Waals surface area contributed by atoms with E-state index in [1.165, 1.54) is 4.90 Å². The molecule has 1 aromatic carbocycles. The molecule has 13 heteroatoms. The molecule has 0 fully saturated rings. The first kappa shape index (κ1) is 32.5. The number of benzene rings is 1. The highest BCUT2D eigenvalue weighted by molar-refractivity contribution is 7.79. The summed E-state index contributed by atoms with van der Waals surface area (Å²) in [6.07, 6.45) is -10.4. The molecule has 0 aromatic heterocycles. The number of aliphatic hydroxyl groups is 10. The highest BCUT2D eigenvalue weighted by atomic mass is 32.1. The standard InChI is InChI=1S/C23H39NO11S/c25-11-15(27)7-19(30)23(34)21(32)10-24(5-6-35-16-3-1-14(13-36)2-4-16)9-20(31)17(28)8-18(29)22(33)12-26/h1-4,8,15,17,19-23,25-34,36H,5-7,9-13H2/t15-,17-,19+,20-,21-,22+,23-/m0/s1. The molecule has 7 atom stereocenters. The lowest BCUT2D eigenvalue weighted by Crippen LogP contribution is -2.49. The number of hydrogen-bond acceptors (Lipinski definition) is 13. The Bertz CT molecular complexity index is 754. The zero-order valence-corrected chi connectivity index (χ0v) is 20.8. The van der Waals surface area contributed by atoms with Crippen molar-refractivity contribution in [1.82, 2.24) is 4.90 Å². The van der Waals surface area contributed by atoms with Crippen LogP contribution in [0.2, 0.25) is 0 Å². The van der Waals surface area contributed by atoms with Gasteiger partial charge in [0.05, 0.1) is 37.6 Å². The minimum atomic E-state index is -1.69. The maximum Gasteiger partial charge on any atom is 0.133 e. The van der Waals surface area contributed by atoms with Crippen molar-refractivity contribution >= 4 is 12.6 Å². The van der Waals surface area contributed by atoms with E-state index in [-0.39, 0.29) is 32.7 Å². The van der Waals surface area contributed by atoms with Gasteiger partial charge in [-0.25, -0.2) is 0 Å². The first-order chi connectivity index (χ1) is 17.0. The summed E-state index contributed by atoms with van der Waals surface area (Å²) >= 11 is 4.19. The third-order valence-electron chi connectivity index (χ3n) is 5.44. The summed E-state index contributed by atoms with van der Waals surface area (Å²) in [6.45, 7) is -1.79. The highest BCUT2D eigenvalue weighted by Crippen LogP contribution is 2.14. The third kappa shape index (κ3) is 11.7. The fourth-order valence-electron chi connectivity index (χ4n) is 3.23. The Morgan fingerprint density at radius 2 is 1.50 bits per heavy atom. The van der Waals surface area contributed by atoms with Crippen molar-refractivity contribution in [3.63, 3.8) is 0 Å². The number of thiol groups is 1. The van der Waals surface area contributed by atoms with Gasteiger partial charge < -0.3 is 55.8 Å². The Morgan fingerprint density at radius 3 is 2.06 bits per heavy atom. The van der Waals surface area contributed by atoms with Gasteiger partial charge in [-0.2, -0.15) is 12.6 Å². The molecule has 0 aliphatic rings.